The Labute approximate surface area is 104 Å². The zero-order valence-corrected chi connectivity index (χ0v) is 10.0. The number of aryl methyl sites for hydroxylation is 1. The van der Waals surface area contributed by atoms with Crippen LogP contribution in [0.4, 0.5) is 0 Å². The first-order valence-electron chi connectivity index (χ1n) is 5.34. The van der Waals surface area contributed by atoms with Crippen molar-refractivity contribution in [3.8, 4) is 5.75 Å². The van der Waals surface area contributed by atoms with Gasteiger partial charge in [0.05, 0.1) is 11.7 Å². The van der Waals surface area contributed by atoms with Crippen LogP contribution in [0.2, 0.25) is 0 Å². The molecule has 0 aromatic heterocycles. The lowest BCUT2D eigenvalue weighted by atomic mass is 10.1. The maximum absolute atomic E-state index is 11.8. The van der Waals surface area contributed by atoms with Crippen LogP contribution in [-0.2, 0) is 4.79 Å². The number of nitrogens with one attached hydrogen (secondary N) is 1. The fourth-order valence-electron chi connectivity index (χ4n) is 1.44. The van der Waals surface area contributed by atoms with E-state index in [-0.39, 0.29) is 11.3 Å². The number of benzene rings is 1. The van der Waals surface area contributed by atoms with E-state index in [0.717, 1.165) is 5.56 Å². The number of hydrogen-bond acceptors (Lipinski definition) is 4. The number of hydrogen-bond donors (Lipinski definition) is 4. The third-order valence-electron chi connectivity index (χ3n) is 2.43. The topological polar surface area (TPSA) is 107 Å². The van der Waals surface area contributed by atoms with Gasteiger partial charge < -0.3 is 20.6 Å². The highest BCUT2D eigenvalue weighted by Gasteiger charge is 2.26. The Morgan fingerprint density at radius 3 is 2.39 bits per heavy atom. The maximum Gasteiger partial charge on any atom is 0.328 e. The predicted molar refractivity (Wildman–Crippen MR) is 63.4 cm³/mol. The number of carboxylic acid groups (broad SMARTS) is 1. The number of aromatic hydroxyl groups is 1. The fraction of sp³-hybridized carbons (Fsp3) is 0.333. The number of aliphatic hydroxyl groups excluding tert-OH is 1. The lowest BCUT2D eigenvalue weighted by Gasteiger charge is -2.17. The van der Waals surface area contributed by atoms with Crippen molar-refractivity contribution in [3.63, 3.8) is 0 Å². The van der Waals surface area contributed by atoms with Crippen LogP contribution in [0.3, 0.4) is 0 Å². The van der Waals surface area contributed by atoms with Gasteiger partial charge in [-0.3, -0.25) is 4.79 Å². The largest absolute Gasteiger partial charge is 0.507 e. The van der Waals surface area contributed by atoms with E-state index in [1.807, 2.05) is 0 Å². The normalized spacial score (nSPS) is 13.7. The summed E-state index contributed by atoms with van der Waals surface area (Å²) in [5.74, 6) is -2.33. The van der Waals surface area contributed by atoms with Crippen molar-refractivity contribution in [2.24, 2.45) is 0 Å². The predicted octanol–water partition coefficient (Wildman–Crippen LogP) is 0.264. The summed E-state index contributed by atoms with van der Waals surface area (Å²) in [7, 11) is 0. The van der Waals surface area contributed by atoms with E-state index >= 15 is 0 Å². The smallest absolute Gasteiger partial charge is 0.328 e. The van der Waals surface area contributed by atoms with Crippen LogP contribution in [0.1, 0.15) is 22.8 Å². The van der Waals surface area contributed by atoms with Gasteiger partial charge in [0, 0.05) is 0 Å². The second-order valence-corrected chi connectivity index (χ2v) is 4.05. The van der Waals surface area contributed by atoms with Gasteiger partial charge in [0.2, 0.25) is 0 Å². The SMILES string of the molecule is Cc1ccc(C(=O)N[C@H](C(=O)O)[C@@H](C)O)c(O)c1. The molecule has 0 radical (unpaired) electrons. The first-order valence-corrected chi connectivity index (χ1v) is 5.34. The van der Waals surface area contributed by atoms with Gasteiger partial charge in [-0.1, -0.05) is 6.07 Å². The van der Waals surface area contributed by atoms with E-state index in [1.165, 1.54) is 19.1 Å². The van der Waals surface area contributed by atoms with Crippen molar-refractivity contribution in [1.82, 2.24) is 5.32 Å². The molecule has 4 N–H and O–H groups in total. The standard InChI is InChI=1S/C12H15NO5/c1-6-3-4-8(9(15)5-6)11(16)13-10(7(2)14)12(17)18/h3-5,7,10,14-15H,1-2H3,(H,13,16)(H,17,18)/t7-,10+/m1/s1. The Hall–Kier alpha value is -2.08. The maximum atomic E-state index is 11.8. The summed E-state index contributed by atoms with van der Waals surface area (Å²) in [6, 6.07) is 2.99. The molecule has 0 aliphatic rings. The summed E-state index contributed by atoms with van der Waals surface area (Å²) in [5, 5.41) is 29.8. The van der Waals surface area contributed by atoms with Crippen LogP contribution < -0.4 is 5.32 Å². The van der Waals surface area contributed by atoms with Crippen molar-refractivity contribution in [1.29, 1.82) is 0 Å². The molecule has 0 saturated heterocycles. The molecule has 0 aliphatic carbocycles. The number of phenolic OH excluding ortho intramolecular Hbond substituents is 1. The van der Waals surface area contributed by atoms with Gasteiger partial charge in [0.15, 0.2) is 6.04 Å². The summed E-state index contributed by atoms with van der Waals surface area (Å²) in [4.78, 5) is 22.6. The summed E-state index contributed by atoms with van der Waals surface area (Å²) in [6.07, 6.45) is -1.24. The Balaban J connectivity index is 2.91. The molecule has 1 aromatic carbocycles. The molecule has 6 heteroatoms. The van der Waals surface area contributed by atoms with Crippen molar-refractivity contribution in [3.05, 3.63) is 29.3 Å². The summed E-state index contributed by atoms with van der Waals surface area (Å²) in [5.41, 5.74) is 0.738. The number of rotatable bonds is 4. The molecule has 1 aromatic rings. The molecule has 0 fully saturated rings. The van der Waals surface area contributed by atoms with E-state index in [4.69, 9.17) is 5.11 Å². The number of carbonyl (C=O) groups is 2. The van der Waals surface area contributed by atoms with Gasteiger partial charge in [0.25, 0.3) is 5.91 Å². The molecule has 0 heterocycles. The highest BCUT2D eigenvalue weighted by Crippen LogP contribution is 2.18. The fourth-order valence-corrected chi connectivity index (χ4v) is 1.44. The second-order valence-electron chi connectivity index (χ2n) is 4.05. The van der Waals surface area contributed by atoms with Gasteiger partial charge >= 0.3 is 5.97 Å². The van der Waals surface area contributed by atoms with Crippen molar-refractivity contribution < 1.29 is 24.9 Å². The van der Waals surface area contributed by atoms with E-state index < -0.39 is 24.0 Å². The molecular formula is C12H15NO5. The number of aliphatic carboxylic acids is 1. The van der Waals surface area contributed by atoms with Gasteiger partial charge in [0.1, 0.15) is 5.75 Å². The Bertz CT molecular complexity index is 470. The number of carboxylic acids is 1. The Morgan fingerprint density at radius 2 is 1.94 bits per heavy atom. The minimum absolute atomic E-state index is 0.0347. The van der Waals surface area contributed by atoms with E-state index in [2.05, 4.69) is 5.32 Å². The number of amides is 1. The molecular weight excluding hydrogens is 238 g/mol. The lowest BCUT2D eigenvalue weighted by molar-refractivity contribution is -0.141. The van der Waals surface area contributed by atoms with E-state index in [1.54, 1.807) is 13.0 Å². The van der Waals surface area contributed by atoms with Crippen molar-refractivity contribution in [2.45, 2.75) is 26.0 Å². The van der Waals surface area contributed by atoms with Gasteiger partial charge in [-0.25, -0.2) is 4.79 Å². The number of aliphatic hydroxyl groups is 1. The third kappa shape index (κ3) is 3.21. The summed E-state index contributed by atoms with van der Waals surface area (Å²) < 4.78 is 0. The zero-order valence-electron chi connectivity index (χ0n) is 10.0. The molecule has 18 heavy (non-hydrogen) atoms. The molecule has 0 unspecified atom stereocenters. The van der Waals surface area contributed by atoms with Crippen molar-refractivity contribution >= 4 is 11.9 Å². The summed E-state index contributed by atoms with van der Waals surface area (Å²) >= 11 is 0. The minimum atomic E-state index is -1.42. The van der Waals surface area contributed by atoms with Crippen LogP contribution in [-0.4, -0.2) is 39.3 Å². The highest BCUT2D eigenvalue weighted by atomic mass is 16.4. The molecule has 0 aliphatic heterocycles. The monoisotopic (exact) mass is 253 g/mol. The number of phenols is 1. The van der Waals surface area contributed by atoms with Crippen LogP contribution in [0.5, 0.6) is 5.75 Å². The van der Waals surface area contributed by atoms with E-state index in [0.29, 0.717) is 0 Å². The zero-order chi connectivity index (χ0) is 13.9. The molecule has 98 valence electrons. The highest BCUT2D eigenvalue weighted by molar-refractivity contribution is 5.99. The van der Waals surface area contributed by atoms with Gasteiger partial charge in [-0.2, -0.15) is 0 Å². The van der Waals surface area contributed by atoms with Crippen LogP contribution in [0, 0.1) is 6.92 Å². The van der Waals surface area contributed by atoms with Crippen LogP contribution in [0.25, 0.3) is 0 Å². The average Bonchev–Trinajstić information content (AvgIpc) is 2.24. The van der Waals surface area contributed by atoms with Crippen LogP contribution >= 0.6 is 0 Å². The first kappa shape index (κ1) is 14.0. The van der Waals surface area contributed by atoms with Gasteiger partial charge in [-0.15, -0.1) is 0 Å². The first-order chi connectivity index (χ1) is 8.32. The Morgan fingerprint density at radius 1 is 1.33 bits per heavy atom. The average molecular weight is 253 g/mol. The van der Waals surface area contributed by atoms with Crippen molar-refractivity contribution in [2.75, 3.05) is 0 Å². The third-order valence-corrected chi connectivity index (χ3v) is 2.43. The van der Waals surface area contributed by atoms with E-state index in [9.17, 15) is 19.8 Å². The quantitative estimate of drug-likeness (QED) is 0.616. The molecule has 0 bridgehead atoms. The molecule has 1 amide bonds. The Kier molecular flexibility index (Phi) is 4.28. The van der Waals surface area contributed by atoms with Crippen LogP contribution in [0.15, 0.2) is 18.2 Å². The lowest BCUT2D eigenvalue weighted by Crippen LogP contribution is -2.47. The molecule has 1 rings (SSSR count). The second kappa shape index (κ2) is 5.50. The minimum Gasteiger partial charge on any atom is -0.507 e. The number of carbonyl (C=O) groups excluding carboxylic acids is 1. The van der Waals surface area contributed by atoms with Gasteiger partial charge in [-0.05, 0) is 31.5 Å². The molecule has 0 spiro atoms. The molecule has 6 nitrogen and oxygen atoms in total. The molecule has 0 saturated carbocycles. The summed E-state index contributed by atoms with van der Waals surface area (Å²) in [6.45, 7) is 3.01. The molecule has 2 atom stereocenters.